The number of halogens is 1. The van der Waals surface area contributed by atoms with Crippen LogP contribution in [0.2, 0.25) is 0 Å². The molecule has 1 aliphatic heterocycles. The highest BCUT2D eigenvalue weighted by molar-refractivity contribution is 5.89. The van der Waals surface area contributed by atoms with Gasteiger partial charge in [-0.05, 0) is 49.1 Å². The number of para-hydroxylation sites is 1. The van der Waals surface area contributed by atoms with Crippen LogP contribution in [0, 0.1) is 12.7 Å². The van der Waals surface area contributed by atoms with Gasteiger partial charge in [-0.1, -0.05) is 23.8 Å². The largest absolute Gasteiger partial charge is 0.379 e. The predicted octanol–water partition coefficient (Wildman–Crippen LogP) is 3.73. The van der Waals surface area contributed by atoms with Crippen LogP contribution in [0.3, 0.4) is 0 Å². The van der Waals surface area contributed by atoms with Gasteiger partial charge in [-0.15, -0.1) is 0 Å². The highest BCUT2D eigenvalue weighted by Gasteiger charge is 2.19. The average Bonchev–Trinajstić information content (AvgIpc) is 2.81. The Kier molecular flexibility index (Phi) is 7.36. The van der Waals surface area contributed by atoms with Gasteiger partial charge in [0.2, 0.25) is 0 Å². The number of amides is 2. The van der Waals surface area contributed by atoms with Crippen LogP contribution in [0.15, 0.2) is 53.3 Å². The van der Waals surface area contributed by atoms with Crippen LogP contribution in [0.1, 0.15) is 17.5 Å². The molecule has 2 aromatic carbocycles. The topological polar surface area (TPSA) is 77.7 Å². The number of anilines is 1. The summed E-state index contributed by atoms with van der Waals surface area (Å²) in [4.78, 5) is 32.6. The fourth-order valence-electron chi connectivity index (χ4n) is 4.01. The molecule has 8 heteroatoms. The molecule has 33 heavy (non-hydrogen) atoms. The fourth-order valence-corrected chi connectivity index (χ4v) is 4.01. The van der Waals surface area contributed by atoms with E-state index in [1.54, 1.807) is 17.0 Å². The van der Waals surface area contributed by atoms with Crippen molar-refractivity contribution in [2.45, 2.75) is 19.9 Å². The van der Waals surface area contributed by atoms with Crippen LogP contribution in [0.25, 0.3) is 10.9 Å². The standard InChI is InChI=1S/C25H29FN4O3/c1-18-7-8-22-19(15-18)16-20(24(31)27-22)17-30(10-4-9-29-11-13-33-14-12-29)25(32)28-23-6-3-2-5-21(23)26/h2-3,5-8,15-16H,4,9-14,17H2,1H3,(H,27,31)(H,28,32). The van der Waals surface area contributed by atoms with E-state index >= 15 is 0 Å². The van der Waals surface area contributed by atoms with Gasteiger partial charge in [0.15, 0.2) is 0 Å². The molecule has 4 rings (SSSR count). The number of ether oxygens (including phenoxy) is 1. The van der Waals surface area contributed by atoms with E-state index in [0.29, 0.717) is 25.3 Å². The molecule has 0 radical (unpaired) electrons. The van der Waals surface area contributed by atoms with Gasteiger partial charge in [-0.2, -0.15) is 0 Å². The molecule has 0 atom stereocenters. The molecule has 1 saturated heterocycles. The van der Waals surface area contributed by atoms with Gasteiger partial charge in [-0.3, -0.25) is 9.69 Å². The number of aryl methyl sites for hydroxylation is 1. The summed E-state index contributed by atoms with van der Waals surface area (Å²) in [6, 6.07) is 13.3. The van der Waals surface area contributed by atoms with E-state index < -0.39 is 11.8 Å². The van der Waals surface area contributed by atoms with E-state index in [4.69, 9.17) is 4.74 Å². The Hall–Kier alpha value is -3.23. The first kappa shape index (κ1) is 22.9. The van der Waals surface area contributed by atoms with Crippen molar-refractivity contribution in [1.82, 2.24) is 14.8 Å². The summed E-state index contributed by atoms with van der Waals surface area (Å²) in [5.74, 6) is -0.502. The Bertz CT molecular complexity index is 1170. The van der Waals surface area contributed by atoms with Crippen molar-refractivity contribution < 1.29 is 13.9 Å². The lowest BCUT2D eigenvalue weighted by molar-refractivity contribution is 0.0365. The van der Waals surface area contributed by atoms with E-state index in [-0.39, 0.29) is 17.8 Å². The molecule has 2 amide bonds. The van der Waals surface area contributed by atoms with E-state index in [2.05, 4.69) is 15.2 Å². The zero-order valence-corrected chi connectivity index (χ0v) is 18.8. The lowest BCUT2D eigenvalue weighted by Crippen LogP contribution is -2.40. The summed E-state index contributed by atoms with van der Waals surface area (Å²) in [7, 11) is 0. The van der Waals surface area contributed by atoms with Crippen molar-refractivity contribution in [3.05, 3.63) is 75.8 Å². The van der Waals surface area contributed by atoms with Gasteiger partial charge in [0.05, 0.1) is 25.4 Å². The number of pyridine rings is 1. The van der Waals surface area contributed by atoms with Gasteiger partial charge < -0.3 is 19.9 Å². The second kappa shape index (κ2) is 10.6. The van der Waals surface area contributed by atoms with Gasteiger partial charge in [-0.25, -0.2) is 9.18 Å². The van der Waals surface area contributed by atoms with Gasteiger partial charge in [0.1, 0.15) is 5.82 Å². The Labute approximate surface area is 192 Å². The molecule has 1 aliphatic rings. The number of H-pyrrole nitrogens is 1. The van der Waals surface area contributed by atoms with E-state index in [9.17, 15) is 14.0 Å². The van der Waals surface area contributed by atoms with Gasteiger partial charge in [0, 0.05) is 37.3 Å². The minimum absolute atomic E-state index is 0.115. The molecule has 0 bridgehead atoms. The number of carbonyl (C=O) groups excluding carboxylic acids is 1. The zero-order valence-electron chi connectivity index (χ0n) is 18.8. The molecular weight excluding hydrogens is 423 g/mol. The summed E-state index contributed by atoms with van der Waals surface area (Å²) in [6.45, 7) is 6.53. The summed E-state index contributed by atoms with van der Waals surface area (Å²) >= 11 is 0. The van der Waals surface area contributed by atoms with Gasteiger partial charge >= 0.3 is 6.03 Å². The van der Waals surface area contributed by atoms with Crippen molar-refractivity contribution in [1.29, 1.82) is 0 Å². The first-order chi connectivity index (χ1) is 16.0. The maximum atomic E-state index is 14.1. The number of urea groups is 1. The highest BCUT2D eigenvalue weighted by Crippen LogP contribution is 2.17. The second-order valence-corrected chi connectivity index (χ2v) is 8.35. The first-order valence-corrected chi connectivity index (χ1v) is 11.2. The molecular formula is C25H29FN4O3. The summed E-state index contributed by atoms with van der Waals surface area (Å²) < 4.78 is 19.5. The first-order valence-electron chi connectivity index (χ1n) is 11.2. The zero-order chi connectivity index (χ0) is 23.2. The lowest BCUT2D eigenvalue weighted by atomic mass is 10.1. The third-order valence-electron chi connectivity index (χ3n) is 5.85. The molecule has 0 saturated carbocycles. The summed E-state index contributed by atoms with van der Waals surface area (Å²) in [5, 5.41) is 3.56. The SMILES string of the molecule is Cc1ccc2[nH]c(=O)c(CN(CCCN3CCOCC3)C(=O)Nc3ccccc3F)cc2c1. The maximum absolute atomic E-state index is 14.1. The van der Waals surface area contributed by atoms with Gasteiger partial charge in [0.25, 0.3) is 5.56 Å². The Balaban J connectivity index is 1.52. The van der Waals surface area contributed by atoms with Crippen LogP contribution < -0.4 is 10.9 Å². The van der Waals surface area contributed by atoms with Crippen molar-refractivity contribution in [3.63, 3.8) is 0 Å². The Morgan fingerprint density at radius 1 is 1.18 bits per heavy atom. The number of rotatable bonds is 7. The van der Waals surface area contributed by atoms with Crippen LogP contribution in [0.4, 0.5) is 14.9 Å². The lowest BCUT2D eigenvalue weighted by Gasteiger charge is -2.28. The maximum Gasteiger partial charge on any atom is 0.322 e. The molecule has 0 aliphatic carbocycles. The fraction of sp³-hybridized carbons (Fsp3) is 0.360. The number of aromatic nitrogens is 1. The van der Waals surface area contributed by atoms with Crippen molar-refractivity contribution in [2.75, 3.05) is 44.7 Å². The number of fused-ring (bicyclic) bond motifs is 1. The van der Waals surface area contributed by atoms with E-state index in [0.717, 1.165) is 42.5 Å². The number of nitrogens with zero attached hydrogens (tertiary/aromatic N) is 2. The highest BCUT2D eigenvalue weighted by atomic mass is 19.1. The number of nitrogens with one attached hydrogen (secondary N) is 2. The molecule has 2 heterocycles. The second-order valence-electron chi connectivity index (χ2n) is 8.35. The number of aromatic amines is 1. The van der Waals surface area contributed by atoms with Crippen molar-refractivity contribution >= 4 is 22.6 Å². The molecule has 0 unspecified atom stereocenters. The quantitative estimate of drug-likeness (QED) is 0.573. The predicted molar refractivity (Wildman–Crippen MR) is 127 cm³/mol. The molecule has 7 nitrogen and oxygen atoms in total. The molecule has 3 aromatic rings. The number of benzene rings is 2. The normalized spacial score (nSPS) is 14.4. The average molecular weight is 453 g/mol. The van der Waals surface area contributed by atoms with E-state index in [1.165, 1.54) is 12.1 Å². The molecule has 2 N–H and O–H groups in total. The number of hydrogen-bond acceptors (Lipinski definition) is 4. The monoisotopic (exact) mass is 452 g/mol. The number of morpholine rings is 1. The van der Waals surface area contributed by atoms with Crippen LogP contribution in [0.5, 0.6) is 0 Å². The Morgan fingerprint density at radius 3 is 2.76 bits per heavy atom. The summed E-state index contributed by atoms with van der Waals surface area (Å²) in [5.41, 5.74) is 2.21. The van der Waals surface area contributed by atoms with Crippen LogP contribution in [-0.2, 0) is 11.3 Å². The molecule has 1 aromatic heterocycles. The number of hydrogen-bond donors (Lipinski definition) is 2. The minimum atomic E-state index is -0.502. The molecule has 0 spiro atoms. The number of carbonyl (C=O) groups is 1. The minimum Gasteiger partial charge on any atom is -0.379 e. The summed E-state index contributed by atoms with van der Waals surface area (Å²) in [6.07, 6.45) is 0.731. The van der Waals surface area contributed by atoms with E-state index in [1.807, 2.05) is 31.2 Å². The van der Waals surface area contributed by atoms with Crippen LogP contribution >= 0.6 is 0 Å². The third-order valence-corrected chi connectivity index (χ3v) is 5.85. The van der Waals surface area contributed by atoms with Crippen molar-refractivity contribution in [2.24, 2.45) is 0 Å². The third kappa shape index (κ3) is 5.97. The molecule has 1 fully saturated rings. The Morgan fingerprint density at radius 2 is 1.97 bits per heavy atom. The smallest absolute Gasteiger partial charge is 0.322 e. The van der Waals surface area contributed by atoms with Crippen molar-refractivity contribution in [3.8, 4) is 0 Å². The molecule has 174 valence electrons. The van der Waals surface area contributed by atoms with Crippen LogP contribution in [-0.4, -0.2) is 60.2 Å².